The number of anilines is 2. The number of hydrogen-bond donors (Lipinski definition) is 2. The first kappa shape index (κ1) is 15.7. The zero-order chi connectivity index (χ0) is 15.8. The summed E-state index contributed by atoms with van der Waals surface area (Å²) < 4.78 is 27.2. The van der Waals surface area contributed by atoms with E-state index in [2.05, 4.69) is 15.6 Å². The van der Waals surface area contributed by atoms with Crippen molar-refractivity contribution in [1.29, 1.82) is 5.26 Å². The zero-order valence-electron chi connectivity index (χ0n) is 11.9. The normalized spacial score (nSPS) is 10.0. The first-order chi connectivity index (χ1) is 10.7. The van der Waals surface area contributed by atoms with Crippen molar-refractivity contribution in [1.82, 2.24) is 4.98 Å². The van der Waals surface area contributed by atoms with Crippen LogP contribution >= 0.6 is 0 Å². The summed E-state index contributed by atoms with van der Waals surface area (Å²) in [7, 11) is 0. The molecule has 0 fully saturated rings. The molecule has 2 aromatic rings. The summed E-state index contributed by atoms with van der Waals surface area (Å²) in [5.41, 5.74) is -0.211. The van der Waals surface area contributed by atoms with E-state index in [-0.39, 0.29) is 11.3 Å². The number of benzene rings is 1. The van der Waals surface area contributed by atoms with Gasteiger partial charge in [-0.15, -0.1) is 0 Å². The highest BCUT2D eigenvalue weighted by molar-refractivity contribution is 5.50. The van der Waals surface area contributed by atoms with Gasteiger partial charge in [-0.3, -0.25) is 0 Å². The third kappa shape index (κ3) is 4.42. The fraction of sp³-hybridized carbons (Fsp3) is 0.250. The largest absolute Gasteiger partial charge is 0.380 e. The van der Waals surface area contributed by atoms with Gasteiger partial charge in [0.15, 0.2) is 11.6 Å². The molecular formula is C16H16F2N4. The maximum absolute atomic E-state index is 13.6. The standard InChI is InChI=1S/C16H16F2N4/c17-13-9-12(11-19)10-14(18)16(13)22-8-4-3-7-21-15-5-1-2-6-20-15/h1-2,5-6,9-10,22H,3-4,7-8H2,(H,20,21). The zero-order valence-corrected chi connectivity index (χ0v) is 11.9. The Morgan fingerprint density at radius 3 is 2.32 bits per heavy atom. The summed E-state index contributed by atoms with van der Waals surface area (Å²) in [6.07, 6.45) is 3.29. The molecule has 0 aliphatic carbocycles. The second-order valence-corrected chi connectivity index (χ2v) is 4.70. The van der Waals surface area contributed by atoms with Crippen molar-refractivity contribution in [3.63, 3.8) is 0 Å². The van der Waals surface area contributed by atoms with Crippen molar-refractivity contribution < 1.29 is 8.78 Å². The fourth-order valence-electron chi connectivity index (χ4n) is 1.95. The molecule has 0 radical (unpaired) electrons. The molecule has 1 aromatic heterocycles. The molecule has 0 saturated carbocycles. The Morgan fingerprint density at radius 2 is 1.73 bits per heavy atom. The fourth-order valence-corrected chi connectivity index (χ4v) is 1.95. The van der Waals surface area contributed by atoms with Crippen molar-refractivity contribution in [2.24, 2.45) is 0 Å². The molecule has 1 heterocycles. The van der Waals surface area contributed by atoms with Gasteiger partial charge >= 0.3 is 0 Å². The number of rotatable bonds is 7. The Balaban J connectivity index is 1.72. The minimum atomic E-state index is -0.747. The molecule has 6 heteroatoms. The predicted molar refractivity (Wildman–Crippen MR) is 81.5 cm³/mol. The first-order valence-corrected chi connectivity index (χ1v) is 6.98. The molecule has 0 unspecified atom stereocenters. The summed E-state index contributed by atoms with van der Waals surface area (Å²) in [6.45, 7) is 1.18. The van der Waals surface area contributed by atoms with E-state index < -0.39 is 11.6 Å². The molecule has 0 aliphatic rings. The molecular weight excluding hydrogens is 286 g/mol. The summed E-state index contributed by atoms with van der Waals surface area (Å²) in [6, 6.07) is 9.37. The number of hydrogen-bond acceptors (Lipinski definition) is 4. The molecule has 0 saturated heterocycles. The average Bonchev–Trinajstić information content (AvgIpc) is 2.53. The Hall–Kier alpha value is -2.68. The van der Waals surface area contributed by atoms with Crippen LogP contribution in [0.2, 0.25) is 0 Å². The van der Waals surface area contributed by atoms with E-state index in [4.69, 9.17) is 5.26 Å². The maximum Gasteiger partial charge on any atom is 0.150 e. The van der Waals surface area contributed by atoms with E-state index in [0.29, 0.717) is 6.54 Å². The van der Waals surface area contributed by atoms with Crippen LogP contribution in [0.4, 0.5) is 20.3 Å². The number of aromatic nitrogens is 1. The smallest absolute Gasteiger partial charge is 0.150 e. The van der Waals surface area contributed by atoms with E-state index in [9.17, 15) is 8.78 Å². The van der Waals surface area contributed by atoms with Gasteiger partial charge in [0, 0.05) is 19.3 Å². The third-order valence-corrected chi connectivity index (χ3v) is 3.05. The molecule has 0 atom stereocenters. The molecule has 0 amide bonds. The SMILES string of the molecule is N#Cc1cc(F)c(NCCCCNc2ccccn2)c(F)c1. The number of nitrogens with zero attached hydrogens (tertiary/aromatic N) is 2. The van der Waals surface area contributed by atoms with Crippen LogP contribution in [-0.2, 0) is 0 Å². The van der Waals surface area contributed by atoms with Gasteiger partial charge in [0.05, 0.1) is 11.6 Å². The van der Waals surface area contributed by atoms with Gasteiger partial charge in [0.1, 0.15) is 11.5 Å². The van der Waals surface area contributed by atoms with Crippen LogP contribution in [0.1, 0.15) is 18.4 Å². The summed E-state index contributed by atoms with van der Waals surface area (Å²) >= 11 is 0. The highest BCUT2D eigenvalue weighted by Gasteiger charge is 2.10. The van der Waals surface area contributed by atoms with Crippen LogP contribution in [0.15, 0.2) is 36.5 Å². The molecule has 1 aromatic carbocycles. The Bertz CT molecular complexity index is 630. The van der Waals surface area contributed by atoms with Gasteiger partial charge in [0.25, 0.3) is 0 Å². The molecule has 2 N–H and O–H groups in total. The van der Waals surface area contributed by atoms with Crippen molar-refractivity contribution in [3.05, 3.63) is 53.7 Å². The second kappa shape index (κ2) is 7.93. The van der Waals surface area contributed by atoms with Crippen LogP contribution in [0.3, 0.4) is 0 Å². The summed E-state index contributed by atoms with van der Waals surface area (Å²) in [5.74, 6) is -0.689. The maximum atomic E-state index is 13.6. The Kier molecular flexibility index (Phi) is 5.66. The lowest BCUT2D eigenvalue weighted by atomic mass is 10.2. The van der Waals surface area contributed by atoms with E-state index >= 15 is 0 Å². The number of pyridine rings is 1. The lowest BCUT2D eigenvalue weighted by Crippen LogP contribution is -2.09. The topological polar surface area (TPSA) is 60.7 Å². The number of nitriles is 1. The summed E-state index contributed by atoms with van der Waals surface area (Å²) in [5, 5.41) is 14.5. The predicted octanol–water partition coefficient (Wildman–Crippen LogP) is 3.54. The number of unbranched alkanes of at least 4 members (excludes halogenated alkanes) is 1. The summed E-state index contributed by atoms with van der Waals surface area (Å²) in [4.78, 5) is 4.13. The minimum Gasteiger partial charge on any atom is -0.380 e. The van der Waals surface area contributed by atoms with Crippen LogP contribution < -0.4 is 10.6 Å². The van der Waals surface area contributed by atoms with E-state index in [1.807, 2.05) is 18.2 Å². The third-order valence-electron chi connectivity index (χ3n) is 3.05. The van der Waals surface area contributed by atoms with Gasteiger partial charge in [-0.2, -0.15) is 5.26 Å². The molecule has 114 valence electrons. The van der Waals surface area contributed by atoms with E-state index in [1.54, 1.807) is 12.3 Å². The van der Waals surface area contributed by atoms with Crippen LogP contribution in [0, 0.1) is 23.0 Å². The number of nitrogens with one attached hydrogen (secondary N) is 2. The molecule has 0 aliphatic heterocycles. The van der Waals surface area contributed by atoms with Crippen molar-refractivity contribution >= 4 is 11.5 Å². The molecule has 0 spiro atoms. The molecule has 2 rings (SSSR count). The van der Waals surface area contributed by atoms with Gasteiger partial charge in [-0.1, -0.05) is 6.07 Å². The number of halogens is 2. The van der Waals surface area contributed by atoms with E-state index in [1.165, 1.54) is 0 Å². The monoisotopic (exact) mass is 302 g/mol. The Morgan fingerprint density at radius 1 is 1.05 bits per heavy atom. The average molecular weight is 302 g/mol. The minimum absolute atomic E-state index is 0.0277. The van der Waals surface area contributed by atoms with Gasteiger partial charge in [-0.05, 0) is 37.1 Å². The van der Waals surface area contributed by atoms with Crippen LogP contribution in [-0.4, -0.2) is 18.1 Å². The highest BCUT2D eigenvalue weighted by Crippen LogP contribution is 2.20. The van der Waals surface area contributed by atoms with Gasteiger partial charge in [-0.25, -0.2) is 13.8 Å². The van der Waals surface area contributed by atoms with Gasteiger partial charge < -0.3 is 10.6 Å². The quantitative estimate of drug-likeness (QED) is 0.768. The van der Waals surface area contributed by atoms with Crippen molar-refractivity contribution in [3.8, 4) is 6.07 Å². The molecule has 22 heavy (non-hydrogen) atoms. The van der Waals surface area contributed by atoms with Crippen LogP contribution in [0.5, 0.6) is 0 Å². The Labute approximate surface area is 127 Å². The molecule has 0 bridgehead atoms. The lowest BCUT2D eigenvalue weighted by Gasteiger charge is -2.09. The van der Waals surface area contributed by atoms with Crippen molar-refractivity contribution in [2.45, 2.75) is 12.8 Å². The second-order valence-electron chi connectivity index (χ2n) is 4.70. The lowest BCUT2D eigenvalue weighted by molar-refractivity contribution is 0.586. The van der Waals surface area contributed by atoms with Crippen LogP contribution in [0.25, 0.3) is 0 Å². The highest BCUT2D eigenvalue weighted by atomic mass is 19.1. The molecule has 4 nitrogen and oxygen atoms in total. The first-order valence-electron chi connectivity index (χ1n) is 6.98. The van der Waals surface area contributed by atoms with E-state index in [0.717, 1.165) is 37.3 Å². The van der Waals surface area contributed by atoms with Gasteiger partial charge in [0.2, 0.25) is 0 Å². The van der Waals surface area contributed by atoms with Crippen molar-refractivity contribution in [2.75, 3.05) is 23.7 Å².